The smallest absolute Gasteiger partial charge is 0.103 e. The van der Waals surface area contributed by atoms with Gasteiger partial charge in [-0.3, -0.25) is 9.67 Å². The molecule has 0 N–H and O–H groups in total. The van der Waals surface area contributed by atoms with Crippen LogP contribution in [0.15, 0.2) is 40.4 Å². The number of aryl methyl sites for hydroxylation is 1. The van der Waals surface area contributed by atoms with E-state index in [1.807, 2.05) is 24.2 Å². The van der Waals surface area contributed by atoms with Crippen molar-refractivity contribution in [2.24, 2.45) is 0 Å². The summed E-state index contributed by atoms with van der Waals surface area (Å²) in [6.45, 7) is 4.05. The summed E-state index contributed by atoms with van der Waals surface area (Å²) < 4.78 is 2.14. The number of rotatable bonds is 3. The van der Waals surface area contributed by atoms with Gasteiger partial charge >= 0.3 is 0 Å². The summed E-state index contributed by atoms with van der Waals surface area (Å²) in [7, 11) is 4.19. The van der Waals surface area contributed by atoms with Crippen LogP contribution in [0.2, 0.25) is 0 Å². The molecule has 112 valence electrons. The van der Waals surface area contributed by atoms with Crippen LogP contribution in [-0.4, -0.2) is 40.3 Å². The second kappa shape index (κ2) is 5.11. The Morgan fingerprint density at radius 3 is 2.91 bits per heavy atom. The highest BCUT2D eigenvalue weighted by molar-refractivity contribution is 7.99. The van der Waals surface area contributed by atoms with Crippen LogP contribution in [0, 0.1) is 6.92 Å². The lowest BCUT2D eigenvalue weighted by atomic mass is 10.1. The van der Waals surface area contributed by atoms with E-state index in [1.165, 1.54) is 31.8 Å². The fraction of sp³-hybridized carbons (Fsp3) is 0.294. The van der Waals surface area contributed by atoms with Crippen molar-refractivity contribution >= 4 is 22.7 Å². The standard InChI is InChI=1S/C17H18N4S/c1-11-4-5-13-15-16(19-21(13)9-8-20(2)3)12-6-7-18-10-14(12)22-17(11)15/h4-7,10H,8-9H2,1-3H3. The Kier molecular flexibility index (Phi) is 3.20. The number of hydrogen-bond donors (Lipinski definition) is 0. The highest BCUT2D eigenvalue weighted by Crippen LogP contribution is 2.48. The first-order valence-electron chi connectivity index (χ1n) is 7.42. The number of pyridine rings is 1. The number of benzene rings is 1. The molecule has 0 amide bonds. The van der Waals surface area contributed by atoms with Crippen LogP contribution in [-0.2, 0) is 6.54 Å². The molecule has 0 saturated carbocycles. The predicted octanol–water partition coefficient (Wildman–Crippen LogP) is 3.43. The molecule has 4 nitrogen and oxygen atoms in total. The van der Waals surface area contributed by atoms with Crippen molar-refractivity contribution in [3.63, 3.8) is 0 Å². The molecule has 0 saturated heterocycles. The van der Waals surface area contributed by atoms with Gasteiger partial charge in [-0.1, -0.05) is 17.8 Å². The van der Waals surface area contributed by atoms with Crippen LogP contribution in [0.4, 0.5) is 0 Å². The lowest BCUT2D eigenvalue weighted by Gasteiger charge is -2.16. The molecule has 1 aliphatic heterocycles. The number of hydrogen-bond acceptors (Lipinski definition) is 4. The zero-order valence-electron chi connectivity index (χ0n) is 13.0. The second-order valence-electron chi connectivity index (χ2n) is 5.95. The van der Waals surface area contributed by atoms with Crippen molar-refractivity contribution in [1.29, 1.82) is 0 Å². The molecule has 0 spiro atoms. The van der Waals surface area contributed by atoms with Gasteiger partial charge in [-0.05, 0) is 38.7 Å². The number of fused-ring (bicyclic) bond motifs is 2. The maximum atomic E-state index is 4.92. The van der Waals surface area contributed by atoms with E-state index in [0.717, 1.165) is 18.8 Å². The van der Waals surface area contributed by atoms with Gasteiger partial charge in [0.05, 0.1) is 12.1 Å². The summed E-state index contributed by atoms with van der Waals surface area (Å²) in [5, 5.41) is 6.22. The van der Waals surface area contributed by atoms with E-state index in [2.05, 4.69) is 53.8 Å². The molecule has 22 heavy (non-hydrogen) atoms. The van der Waals surface area contributed by atoms with Gasteiger partial charge in [-0.25, -0.2) is 0 Å². The number of nitrogens with zero attached hydrogens (tertiary/aromatic N) is 4. The van der Waals surface area contributed by atoms with Crippen LogP contribution >= 0.6 is 11.8 Å². The van der Waals surface area contributed by atoms with Gasteiger partial charge < -0.3 is 4.90 Å². The maximum Gasteiger partial charge on any atom is 0.103 e. The number of aromatic nitrogens is 3. The van der Waals surface area contributed by atoms with Crippen molar-refractivity contribution in [3.8, 4) is 11.3 Å². The lowest BCUT2D eigenvalue weighted by Crippen LogP contribution is -2.18. The Balaban J connectivity index is 1.97. The Morgan fingerprint density at radius 2 is 2.09 bits per heavy atom. The van der Waals surface area contributed by atoms with E-state index in [4.69, 9.17) is 5.10 Å². The Bertz CT molecular complexity index is 866. The molecule has 1 aliphatic rings. The average Bonchev–Trinajstić information content (AvgIpc) is 2.88. The Labute approximate surface area is 134 Å². The van der Waals surface area contributed by atoms with Crippen LogP contribution in [0.25, 0.3) is 22.2 Å². The minimum Gasteiger partial charge on any atom is -0.308 e. The maximum absolute atomic E-state index is 4.92. The van der Waals surface area contributed by atoms with Crippen LogP contribution in [0.1, 0.15) is 5.56 Å². The Hall–Kier alpha value is -1.85. The molecule has 0 fully saturated rings. The molecule has 0 bridgehead atoms. The van der Waals surface area contributed by atoms with Gasteiger partial charge in [0.2, 0.25) is 0 Å². The summed E-state index contributed by atoms with van der Waals surface area (Å²) in [6.07, 6.45) is 3.80. The van der Waals surface area contributed by atoms with Crippen LogP contribution in [0.5, 0.6) is 0 Å². The van der Waals surface area contributed by atoms with E-state index in [0.29, 0.717) is 0 Å². The third-order valence-electron chi connectivity index (χ3n) is 4.08. The van der Waals surface area contributed by atoms with E-state index in [-0.39, 0.29) is 0 Å². The van der Waals surface area contributed by atoms with Gasteiger partial charge in [-0.2, -0.15) is 5.10 Å². The topological polar surface area (TPSA) is 34.0 Å². The molecule has 0 aliphatic carbocycles. The highest BCUT2D eigenvalue weighted by Gasteiger charge is 2.24. The third kappa shape index (κ3) is 2.04. The van der Waals surface area contributed by atoms with Crippen LogP contribution < -0.4 is 0 Å². The summed E-state index contributed by atoms with van der Waals surface area (Å²) in [4.78, 5) is 8.98. The Morgan fingerprint density at radius 1 is 1.23 bits per heavy atom. The summed E-state index contributed by atoms with van der Waals surface area (Å²) in [5.41, 5.74) is 4.84. The van der Waals surface area contributed by atoms with Gasteiger partial charge in [0.1, 0.15) is 5.69 Å². The first-order chi connectivity index (χ1) is 10.6. The normalized spacial score (nSPS) is 12.9. The molecule has 0 radical (unpaired) electrons. The largest absolute Gasteiger partial charge is 0.308 e. The zero-order valence-corrected chi connectivity index (χ0v) is 13.8. The molecule has 4 rings (SSSR count). The summed E-state index contributed by atoms with van der Waals surface area (Å²) in [6, 6.07) is 6.47. The molecule has 5 heteroatoms. The van der Waals surface area contributed by atoms with E-state index >= 15 is 0 Å². The lowest BCUT2D eigenvalue weighted by molar-refractivity contribution is 0.377. The fourth-order valence-corrected chi connectivity index (χ4v) is 4.04. The SMILES string of the molecule is Cc1ccc2c3c(nn2CCN(C)C)-c2ccncc2Sc13. The van der Waals surface area contributed by atoms with Crippen LogP contribution in [0.3, 0.4) is 0 Å². The summed E-state index contributed by atoms with van der Waals surface area (Å²) in [5.74, 6) is 0. The molecule has 3 aromatic rings. The van der Waals surface area contributed by atoms with Gasteiger partial charge in [0.25, 0.3) is 0 Å². The van der Waals surface area contributed by atoms with Gasteiger partial charge in [0, 0.05) is 39.7 Å². The van der Waals surface area contributed by atoms with Crippen molar-refractivity contribution in [3.05, 3.63) is 36.2 Å². The van der Waals surface area contributed by atoms with Crippen molar-refractivity contribution < 1.29 is 0 Å². The average molecular weight is 310 g/mol. The van der Waals surface area contributed by atoms with Gasteiger partial charge in [-0.15, -0.1) is 0 Å². The molecule has 2 aromatic heterocycles. The van der Waals surface area contributed by atoms with Gasteiger partial charge in [0.15, 0.2) is 0 Å². The molecular formula is C17H18N4S. The first-order valence-corrected chi connectivity index (χ1v) is 8.24. The molecule has 3 heterocycles. The second-order valence-corrected chi connectivity index (χ2v) is 7.01. The fourth-order valence-electron chi connectivity index (χ4n) is 2.90. The van der Waals surface area contributed by atoms with Crippen molar-refractivity contribution in [1.82, 2.24) is 19.7 Å². The quantitative estimate of drug-likeness (QED) is 0.580. The minimum atomic E-state index is 0.900. The van der Waals surface area contributed by atoms with E-state index in [9.17, 15) is 0 Å². The highest BCUT2D eigenvalue weighted by atomic mass is 32.2. The van der Waals surface area contributed by atoms with Crippen molar-refractivity contribution in [2.45, 2.75) is 23.3 Å². The van der Waals surface area contributed by atoms with E-state index < -0.39 is 0 Å². The zero-order chi connectivity index (χ0) is 15.3. The first kappa shape index (κ1) is 13.8. The van der Waals surface area contributed by atoms with Crippen molar-refractivity contribution in [2.75, 3.05) is 20.6 Å². The third-order valence-corrected chi connectivity index (χ3v) is 5.35. The van der Waals surface area contributed by atoms with E-state index in [1.54, 1.807) is 0 Å². The molecule has 1 aromatic carbocycles. The molecule has 0 unspecified atom stereocenters. The summed E-state index contributed by atoms with van der Waals surface area (Å²) >= 11 is 1.81. The predicted molar refractivity (Wildman–Crippen MR) is 90.4 cm³/mol. The monoisotopic (exact) mass is 310 g/mol. The number of likely N-dealkylation sites (N-methyl/N-ethyl adjacent to an activating group) is 1. The minimum absolute atomic E-state index is 0.900. The molecule has 0 atom stereocenters. The molecular weight excluding hydrogens is 292 g/mol.